The van der Waals surface area contributed by atoms with Gasteiger partial charge in [-0.05, 0) is 87.8 Å². The van der Waals surface area contributed by atoms with Crippen molar-refractivity contribution < 1.29 is 0 Å². The Morgan fingerprint density at radius 1 is 0.226 bits per heavy atom. The molecule has 0 saturated carbocycles. The van der Waals surface area contributed by atoms with Crippen molar-refractivity contribution in [2.24, 2.45) is 0 Å². The standard InChI is InChI=1S/C20H26.C18H24.C14H22.CH4/c1-19(2,3)17-11-7-15(8-12-17)16-9-13-18(14-10-16)20(4,5)6;1-17(2,3)15-9-7-14-12-16(18(4,5)6)10-8-13(14)11-15;1-13(2,3)11-7-9-12(10-8-11)14(4,5)6;/h7-14H,1-6H3;7-12H,1-6H3;7-10H,1-6H3;1H4. The highest BCUT2D eigenvalue weighted by molar-refractivity contribution is 5.84. The van der Waals surface area contributed by atoms with E-state index in [0.717, 1.165) is 0 Å². The fourth-order valence-corrected chi connectivity index (χ4v) is 5.97. The van der Waals surface area contributed by atoms with E-state index in [9.17, 15) is 0 Å². The molecule has 53 heavy (non-hydrogen) atoms. The van der Waals surface area contributed by atoms with Crippen LogP contribution >= 0.6 is 0 Å². The van der Waals surface area contributed by atoms with Gasteiger partial charge in [-0.1, -0.05) is 241 Å². The summed E-state index contributed by atoms with van der Waals surface area (Å²) in [7, 11) is 0. The van der Waals surface area contributed by atoms with E-state index in [-0.39, 0.29) is 39.9 Å². The third-order valence-corrected chi connectivity index (χ3v) is 10.0. The highest BCUT2D eigenvalue weighted by Crippen LogP contribution is 2.31. The first-order chi connectivity index (χ1) is 23.6. The second-order valence-corrected chi connectivity index (χ2v) is 21.0. The molecule has 0 aliphatic rings. The first-order valence-electron chi connectivity index (χ1n) is 19.4. The molecule has 0 amide bonds. The van der Waals surface area contributed by atoms with E-state index in [4.69, 9.17) is 0 Å². The normalized spacial score (nSPS) is 12.6. The molecule has 0 aliphatic heterocycles. The minimum absolute atomic E-state index is 0. The predicted molar refractivity (Wildman–Crippen MR) is 241 cm³/mol. The fraction of sp³-hybridized carbons (Fsp3) is 0.472. The number of rotatable bonds is 1. The average molecular weight is 713 g/mol. The van der Waals surface area contributed by atoms with Crippen LogP contribution in [0.4, 0.5) is 0 Å². The molecule has 0 heterocycles. The minimum atomic E-state index is 0. The van der Waals surface area contributed by atoms with Crippen LogP contribution in [0.3, 0.4) is 0 Å². The summed E-state index contributed by atoms with van der Waals surface area (Å²) in [6, 6.07) is 40.6. The van der Waals surface area contributed by atoms with E-state index in [1.807, 2.05) is 0 Å². The van der Waals surface area contributed by atoms with Gasteiger partial charge in [-0.25, -0.2) is 0 Å². The Bertz CT molecular complexity index is 1710. The third kappa shape index (κ3) is 13.3. The molecule has 0 unspecified atom stereocenters. The quantitative estimate of drug-likeness (QED) is 0.162. The van der Waals surface area contributed by atoms with E-state index in [1.54, 1.807) is 0 Å². The average Bonchev–Trinajstić information content (AvgIpc) is 3.02. The summed E-state index contributed by atoms with van der Waals surface area (Å²) in [5.41, 5.74) is 12.4. The lowest BCUT2D eigenvalue weighted by atomic mass is 9.82. The van der Waals surface area contributed by atoms with Crippen LogP contribution in [-0.2, 0) is 32.5 Å². The number of hydrogen-bond donors (Lipinski definition) is 0. The minimum Gasteiger partial charge on any atom is -0.0776 e. The van der Waals surface area contributed by atoms with Crippen LogP contribution in [0.15, 0.2) is 109 Å². The highest BCUT2D eigenvalue weighted by Gasteiger charge is 2.19. The molecule has 0 aromatic heterocycles. The Kier molecular flexibility index (Phi) is 14.4. The Hall–Kier alpha value is -3.64. The molecule has 0 spiro atoms. The van der Waals surface area contributed by atoms with Crippen LogP contribution in [0.1, 0.15) is 165 Å². The van der Waals surface area contributed by atoms with E-state index in [0.29, 0.717) is 0 Å². The number of benzene rings is 5. The van der Waals surface area contributed by atoms with Crippen LogP contribution < -0.4 is 0 Å². The Labute approximate surface area is 327 Å². The maximum absolute atomic E-state index is 2.32. The largest absolute Gasteiger partial charge is 0.0776 e. The Morgan fingerprint density at radius 2 is 0.396 bits per heavy atom. The van der Waals surface area contributed by atoms with Gasteiger partial charge in [-0.2, -0.15) is 0 Å². The SMILES string of the molecule is C.CC(C)(C)c1ccc(-c2ccc(C(C)(C)C)cc2)cc1.CC(C)(C)c1ccc(C(C)(C)C)cc1.CC(C)(C)c1ccc2cc(C(C)(C)C)ccc2c1. The number of hydrogen-bond acceptors (Lipinski definition) is 0. The van der Waals surface area contributed by atoms with Crippen molar-refractivity contribution in [2.75, 3.05) is 0 Å². The lowest BCUT2D eigenvalue weighted by molar-refractivity contribution is 0.577. The number of fused-ring (bicyclic) bond motifs is 1. The van der Waals surface area contributed by atoms with Crippen molar-refractivity contribution in [3.63, 3.8) is 0 Å². The summed E-state index contributed by atoms with van der Waals surface area (Å²) < 4.78 is 0. The third-order valence-electron chi connectivity index (χ3n) is 10.0. The maximum atomic E-state index is 2.32. The molecule has 0 saturated heterocycles. The van der Waals surface area contributed by atoms with Crippen molar-refractivity contribution in [3.05, 3.63) is 143 Å². The van der Waals surface area contributed by atoms with Gasteiger partial charge in [0.05, 0.1) is 0 Å². The van der Waals surface area contributed by atoms with Crippen LogP contribution in [-0.4, -0.2) is 0 Å². The van der Waals surface area contributed by atoms with Gasteiger partial charge in [-0.3, -0.25) is 0 Å². The van der Waals surface area contributed by atoms with Gasteiger partial charge in [0, 0.05) is 0 Å². The van der Waals surface area contributed by atoms with Gasteiger partial charge in [-0.15, -0.1) is 0 Å². The lowest BCUT2D eigenvalue weighted by Crippen LogP contribution is -2.14. The van der Waals surface area contributed by atoms with Gasteiger partial charge in [0.2, 0.25) is 0 Å². The predicted octanol–water partition coefficient (Wildman–Crippen LogP) is 16.3. The zero-order valence-corrected chi connectivity index (χ0v) is 36.4. The van der Waals surface area contributed by atoms with Gasteiger partial charge >= 0.3 is 0 Å². The molecule has 5 rings (SSSR count). The molecule has 5 aromatic carbocycles. The van der Waals surface area contributed by atoms with Gasteiger partial charge in [0.15, 0.2) is 0 Å². The topological polar surface area (TPSA) is 0 Å². The van der Waals surface area contributed by atoms with Crippen molar-refractivity contribution in [3.8, 4) is 11.1 Å². The second-order valence-electron chi connectivity index (χ2n) is 21.0. The zero-order valence-electron chi connectivity index (χ0n) is 36.4. The molecule has 0 atom stereocenters. The monoisotopic (exact) mass is 713 g/mol. The smallest absolute Gasteiger partial charge is 0.0132 e. The molecule has 0 fully saturated rings. The molecular weight excluding hydrogens is 637 g/mol. The molecule has 0 bridgehead atoms. The molecule has 0 N–H and O–H groups in total. The summed E-state index contributed by atoms with van der Waals surface area (Å²) in [6.07, 6.45) is 0. The summed E-state index contributed by atoms with van der Waals surface area (Å²) >= 11 is 0. The summed E-state index contributed by atoms with van der Waals surface area (Å²) in [4.78, 5) is 0. The molecule has 5 aromatic rings. The zero-order chi connectivity index (χ0) is 39.5. The molecular formula is C53H76. The van der Waals surface area contributed by atoms with E-state index >= 15 is 0 Å². The van der Waals surface area contributed by atoms with Gasteiger partial charge in [0.1, 0.15) is 0 Å². The lowest BCUT2D eigenvalue weighted by Gasteiger charge is -2.23. The summed E-state index contributed by atoms with van der Waals surface area (Å²) in [5.74, 6) is 0. The Balaban J connectivity index is 0.000000277. The van der Waals surface area contributed by atoms with Crippen LogP contribution in [0.2, 0.25) is 0 Å². The van der Waals surface area contributed by atoms with Gasteiger partial charge < -0.3 is 0 Å². The highest BCUT2D eigenvalue weighted by atomic mass is 14.2. The maximum Gasteiger partial charge on any atom is -0.0132 e. The van der Waals surface area contributed by atoms with Crippen molar-refractivity contribution in [1.29, 1.82) is 0 Å². The van der Waals surface area contributed by atoms with E-state index < -0.39 is 0 Å². The van der Waals surface area contributed by atoms with Crippen molar-refractivity contribution in [1.82, 2.24) is 0 Å². The molecule has 288 valence electrons. The molecule has 0 aliphatic carbocycles. The van der Waals surface area contributed by atoms with Crippen LogP contribution in [0, 0.1) is 0 Å². The van der Waals surface area contributed by atoms with Gasteiger partial charge in [0.25, 0.3) is 0 Å². The summed E-state index contributed by atoms with van der Waals surface area (Å²) in [6.45, 7) is 40.6. The van der Waals surface area contributed by atoms with E-state index in [1.165, 1.54) is 55.3 Å². The first kappa shape index (κ1) is 45.5. The van der Waals surface area contributed by atoms with Crippen molar-refractivity contribution in [2.45, 2.75) is 165 Å². The first-order valence-corrected chi connectivity index (χ1v) is 19.4. The summed E-state index contributed by atoms with van der Waals surface area (Å²) in [5, 5.41) is 2.69. The molecule has 0 radical (unpaired) electrons. The molecule has 0 nitrogen and oxygen atoms in total. The van der Waals surface area contributed by atoms with Crippen LogP contribution in [0.25, 0.3) is 21.9 Å². The van der Waals surface area contributed by atoms with E-state index in [2.05, 4.69) is 234 Å². The fourth-order valence-electron chi connectivity index (χ4n) is 5.97. The van der Waals surface area contributed by atoms with Crippen LogP contribution in [0.5, 0.6) is 0 Å². The van der Waals surface area contributed by atoms with Crippen molar-refractivity contribution >= 4 is 10.8 Å². The second kappa shape index (κ2) is 16.8. The molecule has 0 heteroatoms. The Morgan fingerprint density at radius 3 is 0.585 bits per heavy atom.